The van der Waals surface area contributed by atoms with E-state index in [0.29, 0.717) is 18.6 Å². The number of nitrogens with two attached hydrogens (primary N) is 3. The summed E-state index contributed by atoms with van der Waals surface area (Å²) >= 11 is 1.53. The maximum Gasteiger partial charge on any atom is 0.328 e. The number of hydrogen-bond donors (Lipinski definition) is 8. The Balaban J connectivity index is 4.86. The van der Waals surface area contributed by atoms with Crippen LogP contribution in [-0.2, 0) is 19.2 Å². The van der Waals surface area contributed by atoms with E-state index in [9.17, 15) is 19.2 Å². The Morgan fingerprint density at radius 1 is 1.07 bits per heavy atom. The molecule has 13 nitrogen and oxygen atoms in total. The Kier molecular flexibility index (Phi) is 14.0. The van der Waals surface area contributed by atoms with Crippen molar-refractivity contribution >= 4 is 41.4 Å². The summed E-state index contributed by atoms with van der Waals surface area (Å²) in [6.07, 6.45) is 2.85. The molecule has 3 amide bonds. The summed E-state index contributed by atoms with van der Waals surface area (Å²) in [6, 6.07) is -3.28. The Labute approximate surface area is 178 Å². The van der Waals surface area contributed by atoms with Crippen LogP contribution in [0.4, 0.5) is 0 Å². The largest absolute Gasteiger partial charge is 0.480 e. The molecule has 0 spiro atoms. The summed E-state index contributed by atoms with van der Waals surface area (Å²) in [5, 5.41) is 24.6. The molecule has 0 aromatic heterocycles. The summed E-state index contributed by atoms with van der Waals surface area (Å²) < 4.78 is 0. The third-order valence-electron chi connectivity index (χ3n) is 3.79. The molecule has 3 unspecified atom stereocenters. The SMILES string of the molecule is CSCCC(N)C(=O)NC(CCCN=C(N)N)C(=O)NCC(=O)NC(CO)C(=O)O. The molecule has 14 heteroatoms. The van der Waals surface area contributed by atoms with E-state index < -0.39 is 55.0 Å². The van der Waals surface area contributed by atoms with Gasteiger partial charge in [-0.05, 0) is 31.3 Å². The summed E-state index contributed by atoms with van der Waals surface area (Å²) in [5.41, 5.74) is 16.3. The topological polar surface area (TPSA) is 235 Å². The van der Waals surface area contributed by atoms with Crippen molar-refractivity contribution in [3.63, 3.8) is 0 Å². The second kappa shape index (κ2) is 15.3. The standard InChI is InChI=1S/C16H31N7O6S/c1-30-6-4-9(17)13(26)23-10(3-2-5-20-16(18)19)14(27)21-7-12(25)22-11(8-24)15(28)29/h9-11,24H,2-8,17H2,1H3,(H,21,27)(H,22,25)(H,23,26)(H,28,29)(H4,18,19,20). The zero-order valence-corrected chi connectivity index (χ0v) is 17.6. The normalized spacial score (nSPS) is 13.4. The number of amides is 3. The van der Waals surface area contributed by atoms with Crippen molar-refractivity contribution in [2.45, 2.75) is 37.4 Å². The highest BCUT2D eigenvalue weighted by atomic mass is 32.2. The Morgan fingerprint density at radius 3 is 2.27 bits per heavy atom. The predicted octanol–water partition coefficient (Wildman–Crippen LogP) is -3.72. The molecule has 30 heavy (non-hydrogen) atoms. The zero-order chi connectivity index (χ0) is 23.1. The predicted molar refractivity (Wildman–Crippen MR) is 112 cm³/mol. The fourth-order valence-corrected chi connectivity index (χ4v) is 2.64. The maximum absolute atomic E-state index is 12.4. The third-order valence-corrected chi connectivity index (χ3v) is 4.43. The first kappa shape index (κ1) is 27.4. The van der Waals surface area contributed by atoms with Crippen molar-refractivity contribution in [3.05, 3.63) is 0 Å². The lowest BCUT2D eigenvalue weighted by molar-refractivity contribution is -0.142. The number of hydrogen-bond acceptors (Lipinski definition) is 8. The van der Waals surface area contributed by atoms with Gasteiger partial charge in [-0.1, -0.05) is 0 Å². The first-order valence-electron chi connectivity index (χ1n) is 9.13. The van der Waals surface area contributed by atoms with Crippen molar-refractivity contribution in [2.75, 3.05) is 31.7 Å². The molecule has 0 saturated carbocycles. The van der Waals surface area contributed by atoms with Crippen LogP contribution in [-0.4, -0.2) is 89.7 Å². The number of rotatable bonds is 15. The van der Waals surface area contributed by atoms with Gasteiger partial charge in [-0.2, -0.15) is 11.8 Å². The summed E-state index contributed by atoms with van der Waals surface area (Å²) in [6.45, 7) is -1.11. The number of aliphatic hydroxyl groups excluding tert-OH is 1. The monoisotopic (exact) mass is 449 g/mol. The minimum absolute atomic E-state index is 0.104. The van der Waals surface area contributed by atoms with Crippen LogP contribution in [0.2, 0.25) is 0 Å². The second-order valence-electron chi connectivity index (χ2n) is 6.26. The molecule has 0 aliphatic rings. The van der Waals surface area contributed by atoms with E-state index in [1.165, 1.54) is 11.8 Å². The number of aliphatic carboxylic acids is 1. The number of guanidine groups is 1. The van der Waals surface area contributed by atoms with Crippen LogP contribution in [0.5, 0.6) is 0 Å². The minimum atomic E-state index is -1.49. The molecule has 0 bridgehead atoms. The van der Waals surface area contributed by atoms with Gasteiger partial charge in [-0.25, -0.2) is 4.79 Å². The van der Waals surface area contributed by atoms with Crippen LogP contribution in [0.3, 0.4) is 0 Å². The molecule has 0 aromatic carbocycles. The van der Waals surface area contributed by atoms with Crippen LogP contribution in [0.15, 0.2) is 4.99 Å². The molecule has 172 valence electrons. The number of nitrogens with zero attached hydrogens (tertiary/aromatic N) is 1. The number of aliphatic hydroxyl groups is 1. The molecular weight excluding hydrogens is 418 g/mol. The van der Waals surface area contributed by atoms with Gasteiger partial charge in [0.25, 0.3) is 0 Å². The zero-order valence-electron chi connectivity index (χ0n) is 16.8. The van der Waals surface area contributed by atoms with E-state index in [2.05, 4.69) is 15.6 Å². The van der Waals surface area contributed by atoms with Crippen LogP contribution in [0.1, 0.15) is 19.3 Å². The van der Waals surface area contributed by atoms with Crippen LogP contribution >= 0.6 is 11.8 Å². The highest BCUT2D eigenvalue weighted by Gasteiger charge is 2.24. The Bertz CT molecular complexity index is 615. The summed E-state index contributed by atoms with van der Waals surface area (Å²) in [7, 11) is 0. The van der Waals surface area contributed by atoms with Gasteiger partial charge < -0.3 is 43.4 Å². The van der Waals surface area contributed by atoms with Crippen LogP contribution in [0, 0.1) is 0 Å². The van der Waals surface area contributed by atoms with Crippen LogP contribution < -0.4 is 33.2 Å². The number of carbonyl (C=O) groups is 4. The molecular formula is C16H31N7O6S. The van der Waals surface area contributed by atoms with E-state index in [1.807, 2.05) is 11.6 Å². The van der Waals surface area contributed by atoms with Crippen molar-refractivity contribution in [1.82, 2.24) is 16.0 Å². The molecule has 0 fully saturated rings. The van der Waals surface area contributed by atoms with Gasteiger partial charge in [0.2, 0.25) is 17.7 Å². The number of carboxylic acid groups (broad SMARTS) is 1. The maximum atomic E-state index is 12.4. The van der Waals surface area contributed by atoms with Gasteiger partial charge in [0.15, 0.2) is 5.96 Å². The van der Waals surface area contributed by atoms with E-state index in [4.69, 9.17) is 27.4 Å². The summed E-state index contributed by atoms with van der Waals surface area (Å²) in [4.78, 5) is 51.1. The second-order valence-corrected chi connectivity index (χ2v) is 7.24. The van der Waals surface area contributed by atoms with Gasteiger partial charge in [-0.15, -0.1) is 0 Å². The van der Waals surface area contributed by atoms with Gasteiger partial charge in [0, 0.05) is 6.54 Å². The number of carbonyl (C=O) groups excluding carboxylic acids is 3. The molecule has 0 rings (SSSR count). The average Bonchev–Trinajstić information content (AvgIpc) is 2.69. The van der Waals surface area contributed by atoms with Crippen molar-refractivity contribution in [1.29, 1.82) is 0 Å². The molecule has 0 heterocycles. The van der Waals surface area contributed by atoms with E-state index in [-0.39, 0.29) is 18.9 Å². The lowest BCUT2D eigenvalue weighted by Crippen LogP contribution is -2.53. The lowest BCUT2D eigenvalue weighted by atomic mass is 10.1. The van der Waals surface area contributed by atoms with Crippen molar-refractivity contribution in [2.24, 2.45) is 22.2 Å². The number of thioether (sulfide) groups is 1. The molecule has 0 aliphatic carbocycles. The summed E-state index contributed by atoms with van der Waals surface area (Å²) in [5.74, 6) is -2.83. The molecule has 0 aromatic rings. The van der Waals surface area contributed by atoms with Crippen LogP contribution in [0.25, 0.3) is 0 Å². The number of carboxylic acids is 1. The Morgan fingerprint density at radius 2 is 1.73 bits per heavy atom. The highest BCUT2D eigenvalue weighted by molar-refractivity contribution is 7.98. The van der Waals surface area contributed by atoms with Gasteiger partial charge >= 0.3 is 5.97 Å². The van der Waals surface area contributed by atoms with E-state index in [1.54, 1.807) is 0 Å². The smallest absolute Gasteiger partial charge is 0.328 e. The highest BCUT2D eigenvalue weighted by Crippen LogP contribution is 2.02. The van der Waals surface area contributed by atoms with E-state index >= 15 is 0 Å². The fourth-order valence-electron chi connectivity index (χ4n) is 2.15. The van der Waals surface area contributed by atoms with E-state index in [0.717, 1.165) is 0 Å². The van der Waals surface area contributed by atoms with Crippen molar-refractivity contribution in [3.8, 4) is 0 Å². The molecule has 11 N–H and O–H groups in total. The molecule has 0 aliphatic heterocycles. The van der Waals surface area contributed by atoms with Gasteiger partial charge in [0.1, 0.15) is 12.1 Å². The lowest BCUT2D eigenvalue weighted by Gasteiger charge is -2.20. The minimum Gasteiger partial charge on any atom is -0.480 e. The Hall–Kier alpha value is -2.58. The first-order chi connectivity index (χ1) is 14.1. The van der Waals surface area contributed by atoms with Crippen molar-refractivity contribution < 1.29 is 29.4 Å². The first-order valence-corrected chi connectivity index (χ1v) is 10.5. The molecule has 3 atom stereocenters. The fraction of sp³-hybridized carbons (Fsp3) is 0.688. The average molecular weight is 450 g/mol. The van der Waals surface area contributed by atoms with Gasteiger partial charge in [-0.3, -0.25) is 19.4 Å². The number of nitrogens with one attached hydrogen (secondary N) is 3. The van der Waals surface area contributed by atoms with Gasteiger partial charge in [0.05, 0.1) is 19.2 Å². The quantitative estimate of drug-likeness (QED) is 0.0691. The molecule has 0 saturated heterocycles. The molecule has 0 radical (unpaired) electrons. The number of aliphatic imine (C=N–C) groups is 1. The third kappa shape index (κ3) is 12.1.